The van der Waals surface area contributed by atoms with E-state index in [-0.39, 0.29) is 11.5 Å². The number of phenols is 1. The molecule has 45 heavy (non-hydrogen) atoms. The number of pyridine rings is 1. The fourth-order valence-corrected chi connectivity index (χ4v) is 6.01. The van der Waals surface area contributed by atoms with Crippen molar-refractivity contribution in [1.82, 2.24) is 0 Å². The quantitative estimate of drug-likeness (QED) is 0.120. The number of nitrogens with zero attached hydrogens (tertiary/aromatic N) is 2. The van der Waals surface area contributed by atoms with Crippen molar-refractivity contribution in [1.29, 1.82) is 0 Å². The number of para-hydroxylation sites is 3. The first-order valence-corrected chi connectivity index (χ1v) is 16.3. The highest BCUT2D eigenvalue weighted by Crippen LogP contribution is 2.36. The summed E-state index contributed by atoms with van der Waals surface area (Å²) in [7, 11) is -4.00. The van der Waals surface area contributed by atoms with Crippen molar-refractivity contribution in [3.05, 3.63) is 151 Å². The lowest BCUT2D eigenvalue weighted by Gasteiger charge is -2.25. The lowest BCUT2D eigenvalue weighted by atomic mass is 10.0. The van der Waals surface area contributed by atoms with Gasteiger partial charge in [0.15, 0.2) is 6.20 Å². The molecule has 0 bridgehead atoms. The second-order valence-electron chi connectivity index (χ2n) is 10.8. The average Bonchev–Trinajstić information content (AvgIpc) is 3.06. The van der Waals surface area contributed by atoms with Gasteiger partial charge in [0.25, 0.3) is 10.1 Å². The van der Waals surface area contributed by atoms with Crippen molar-refractivity contribution in [3.63, 3.8) is 0 Å². The maximum Gasteiger partial charge on any atom is 0.265 e. The van der Waals surface area contributed by atoms with Gasteiger partial charge in [0.2, 0.25) is 5.52 Å². The Morgan fingerprint density at radius 3 is 1.87 bits per heavy atom. The number of hydrogen-bond acceptors (Lipinski definition) is 4. The smallest absolute Gasteiger partial charge is 0.265 e. The molecule has 0 aliphatic heterocycles. The Labute approximate surface area is 263 Å². The minimum Gasteiger partial charge on any atom is -0.507 e. The summed E-state index contributed by atoms with van der Waals surface area (Å²) < 4.78 is 33.3. The largest absolute Gasteiger partial charge is 0.507 e. The zero-order valence-corrected chi connectivity index (χ0v) is 25.4. The van der Waals surface area contributed by atoms with Crippen LogP contribution in [0.25, 0.3) is 34.2 Å². The van der Waals surface area contributed by atoms with E-state index < -0.39 is 10.1 Å². The molecule has 2 N–H and O–H groups in total. The lowest BCUT2D eigenvalue weighted by Crippen LogP contribution is -2.35. The maximum atomic E-state index is 11.1. The van der Waals surface area contributed by atoms with Gasteiger partial charge in [-0.3, -0.25) is 4.55 Å². The molecule has 0 amide bonds. The van der Waals surface area contributed by atoms with Crippen molar-refractivity contribution in [2.75, 3.05) is 10.7 Å². The molecule has 1 aromatic heterocycles. The minimum absolute atomic E-state index is 0.184. The molecule has 0 spiro atoms. The van der Waals surface area contributed by atoms with Crippen LogP contribution in [0.4, 0.5) is 17.1 Å². The van der Waals surface area contributed by atoms with Gasteiger partial charge in [-0.2, -0.15) is 13.0 Å². The first kappa shape index (κ1) is 29.8. The number of anilines is 3. The normalized spacial score (nSPS) is 11.7. The summed E-state index contributed by atoms with van der Waals surface area (Å²) in [6, 6.07) is 44.4. The molecule has 0 unspecified atom stereocenters. The summed E-state index contributed by atoms with van der Waals surface area (Å²) in [6.45, 7) is 0.462. The van der Waals surface area contributed by atoms with Crippen molar-refractivity contribution in [2.24, 2.45) is 0 Å². The lowest BCUT2D eigenvalue weighted by molar-refractivity contribution is -0.671. The number of hydrogen-bond donors (Lipinski definition) is 2. The van der Waals surface area contributed by atoms with Gasteiger partial charge in [0.1, 0.15) is 12.3 Å². The Morgan fingerprint density at radius 2 is 1.22 bits per heavy atom. The predicted octanol–water partition coefficient (Wildman–Crippen LogP) is 8.42. The number of benzene rings is 5. The maximum absolute atomic E-state index is 11.1. The molecule has 1 heterocycles. The summed E-state index contributed by atoms with van der Waals surface area (Å²) in [5.41, 5.74) is 7.72. The van der Waals surface area contributed by atoms with Gasteiger partial charge in [-0.05, 0) is 65.2 Å². The Morgan fingerprint density at radius 1 is 0.644 bits per heavy atom. The van der Waals surface area contributed by atoms with Gasteiger partial charge in [-0.1, -0.05) is 84.9 Å². The second-order valence-corrected chi connectivity index (χ2v) is 12.4. The Kier molecular flexibility index (Phi) is 8.73. The van der Waals surface area contributed by atoms with E-state index in [1.165, 1.54) is 0 Å². The van der Waals surface area contributed by atoms with E-state index in [2.05, 4.69) is 53.4 Å². The van der Waals surface area contributed by atoms with E-state index in [1.807, 2.05) is 102 Å². The first-order chi connectivity index (χ1) is 21.9. The van der Waals surface area contributed by atoms with E-state index in [0.717, 1.165) is 44.7 Å². The number of fused-ring (bicyclic) bond motifs is 1. The number of aromatic nitrogens is 1. The van der Waals surface area contributed by atoms with Crippen LogP contribution in [0.1, 0.15) is 17.5 Å². The van der Waals surface area contributed by atoms with Crippen LogP contribution in [-0.4, -0.2) is 23.8 Å². The van der Waals surface area contributed by atoms with Crippen LogP contribution in [0.15, 0.2) is 140 Å². The van der Waals surface area contributed by atoms with Crippen LogP contribution >= 0.6 is 0 Å². The van der Waals surface area contributed by atoms with Crippen LogP contribution in [0, 0.1) is 0 Å². The Hall–Kier alpha value is -5.24. The SMILES string of the molecule is O=S(=O)(O)CCC[n+]1ccc(/C=C/c2ccc(-c3ccc(N(c4ccccc4)c4ccccc4)cc3)cc2O)c2ccccc21. The number of rotatable bonds is 10. The summed E-state index contributed by atoms with van der Waals surface area (Å²) in [4.78, 5) is 2.21. The van der Waals surface area contributed by atoms with Gasteiger partial charge in [0.05, 0.1) is 11.1 Å². The summed E-state index contributed by atoms with van der Waals surface area (Å²) in [5, 5.41) is 12.0. The average molecular weight is 614 g/mol. The van der Waals surface area contributed by atoms with E-state index in [1.54, 1.807) is 6.07 Å². The molecular weight excluding hydrogens is 580 g/mol. The third-order valence-corrected chi connectivity index (χ3v) is 8.52. The van der Waals surface area contributed by atoms with Crippen molar-refractivity contribution < 1.29 is 22.6 Å². The summed E-state index contributed by atoms with van der Waals surface area (Å²) >= 11 is 0. The van der Waals surface area contributed by atoms with E-state index in [4.69, 9.17) is 4.55 Å². The standard InChI is InChI=1S/C38H32N2O4S/c41-38-28-32(29-20-22-35(23-21-29)40(33-10-3-1-4-11-33)34-12-5-2-6-13-34)19-18-31(38)17-16-30-24-26-39(25-9-27-45(42,43)44)37-15-8-7-14-36(30)37/h1-8,10-24,26,28H,9,25,27H2,(H,42,43,44)/p+1. The molecule has 0 aliphatic carbocycles. The van der Waals surface area contributed by atoms with Crippen LogP contribution < -0.4 is 9.47 Å². The van der Waals surface area contributed by atoms with E-state index in [0.29, 0.717) is 18.5 Å². The molecule has 0 atom stereocenters. The van der Waals surface area contributed by atoms with Crippen LogP contribution in [0.2, 0.25) is 0 Å². The molecule has 0 saturated carbocycles. The van der Waals surface area contributed by atoms with Gasteiger partial charge in [-0.15, -0.1) is 0 Å². The molecular formula is C38H33N2O4S+. The fraction of sp³-hybridized carbons (Fsp3) is 0.0789. The van der Waals surface area contributed by atoms with Gasteiger partial charge >= 0.3 is 0 Å². The highest BCUT2D eigenvalue weighted by Gasteiger charge is 2.14. The third-order valence-electron chi connectivity index (χ3n) is 7.72. The number of aromatic hydroxyl groups is 1. The van der Waals surface area contributed by atoms with Gasteiger partial charge in [0, 0.05) is 41.2 Å². The van der Waals surface area contributed by atoms with Gasteiger partial charge < -0.3 is 10.0 Å². The van der Waals surface area contributed by atoms with Crippen molar-refractivity contribution in [3.8, 4) is 16.9 Å². The molecule has 224 valence electrons. The molecule has 0 aliphatic rings. The highest BCUT2D eigenvalue weighted by molar-refractivity contribution is 7.85. The molecule has 5 aromatic carbocycles. The Bertz CT molecular complexity index is 2020. The molecule has 6 rings (SSSR count). The minimum atomic E-state index is -4.00. The van der Waals surface area contributed by atoms with Gasteiger partial charge in [-0.25, -0.2) is 0 Å². The molecule has 7 heteroatoms. The summed E-state index contributed by atoms with van der Waals surface area (Å²) in [6.07, 6.45) is 6.08. The zero-order valence-electron chi connectivity index (χ0n) is 24.6. The van der Waals surface area contributed by atoms with E-state index in [9.17, 15) is 13.5 Å². The topological polar surface area (TPSA) is 81.7 Å². The van der Waals surface area contributed by atoms with E-state index >= 15 is 0 Å². The number of aryl methyl sites for hydroxylation is 1. The van der Waals surface area contributed by atoms with Crippen molar-refractivity contribution >= 4 is 50.2 Å². The zero-order chi connectivity index (χ0) is 31.2. The predicted molar refractivity (Wildman–Crippen MR) is 182 cm³/mol. The highest BCUT2D eigenvalue weighted by atomic mass is 32.2. The molecule has 0 saturated heterocycles. The Balaban J connectivity index is 1.22. The molecule has 0 radical (unpaired) electrons. The third kappa shape index (κ3) is 7.12. The second kappa shape index (κ2) is 13.2. The molecule has 6 aromatic rings. The van der Waals surface area contributed by atoms with Crippen LogP contribution in [0.3, 0.4) is 0 Å². The van der Waals surface area contributed by atoms with Crippen LogP contribution in [-0.2, 0) is 16.7 Å². The first-order valence-electron chi connectivity index (χ1n) is 14.7. The summed E-state index contributed by atoms with van der Waals surface area (Å²) in [5.74, 6) is -0.0987. The molecule has 6 nitrogen and oxygen atoms in total. The van der Waals surface area contributed by atoms with Crippen molar-refractivity contribution in [2.45, 2.75) is 13.0 Å². The number of phenolic OH excluding ortho intramolecular Hbond substituents is 1. The molecule has 0 fully saturated rings. The fourth-order valence-electron chi connectivity index (χ4n) is 5.51. The monoisotopic (exact) mass is 613 g/mol. The van der Waals surface area contributed by atoms with Crippen LogP contribution in [0.5, 0.6) is 5.75 Å².